The Bertz CT molecular complexity index is 876. The van der Waals surface area contributed by atoms with Crippen molar-refractivity contribution in [2.45, 2.75) is 6.10 Å². The standard InChI is InChI=1S/C19H19ClN4O3/c1-26-17-5-2-12(10-21)8-16(17)24-19(25)23-15-4-3-13(9-14(15)20)18-11-22-6-7-27-18/h2-5,8-9,18,22H,6-7,11H2,1H3,(H2,23,24,25). The predicted molar refractivity (Wildman–Crippen MR) is 103 cm³/mol. The van der Waals surface area contributed by atoms with Crippen LogP contribution in [-0.4, -0.2) is 32.8 Å². The number of amides is 2. The Morgan fingerprint density at radius 1 is 1.30 bits per heavy atom. The Labute approximate surface area is 162 Å². The average molecular weight is 387 g/mol. The zero-order chi connectivity index (χ0) is 19.2. The third-order valence-electron chi connectivity index (χ3n) is 4.12. The van der Waals surface area contributed by atoms with Crippen LogP contribution in [0.25, 0.3) is 0 Å². The van der Waals surface area contributed by atoms with E-state index in [-0.39, 0.29) is 6.10 Å². The first-order valence-electron chi connectivity index (χ1n) is 8.38. The highest BCUT2D eigenvalue weighted by Gasteiger charge is 2.17. The number of anilines is 2. The Morgan fingerprint density at radius 3 is 2.78 bits per heavy atom. The molecule has 1 fully saturated rings. The number of urea groups is 1. The minimum atomic E-state index is -0.492. The van der Waals surface area contributed by atoms with Gasteiger partial charge in [0.15, 0.2) is 0 Å². The van der Waals surface area contributed by atoms with Crippen LogP contribution in [-0.2, 0) is 4.74 Å². The topological polar surface area (TPSA) is 95.4 Å². The molecule has 0 bridgehead atoms. The molecule has 0 aliphatic carbocycles. The van der Waals surface area contributed by atoms with Gasteiger partial charge in [0.05, 0.1) is 47.9 Å². The Morgan fingerprint density at radius 2 is 2.11 bits per heavy atom. The summed E-state index contributed by atoms with van der Waals surface area (Å²) in [7, 11) is 1.49. The SMILES string of the molecule is COc1ccc(C#N)cc1NC(=O)Nc1ccc(C2CNCCO2)cc1Cl. The molecule has 2 aromatic carbocycles. The highest BCUT2D eigenvalue weighted by Crippen LogP contribution is 2.29. The minimum absolute atomic E-state index is 0.0582. The number of carbonyl (C=O) groups is 1. The molecule has 1 aliphatic heterocycles. The molecule has 2 aromatic rings. The fourth-order valence-corrected chi connectivity index (χ4v) is 3.00. The third kappa shape index (κ3) is 4.68. The lowest BCUT2D eigenvalue weighted by Crippen LogP contribution is -2.33. The molecule has 27 heavy (non-hydrogen) atoms. The van der Waals surface area contributed by atoms with Gasteiger partial charge >= 0.3 is 6.03 Å². The molecule has 1 unspecified atom stereocenters. The second-order valence-corrected chi connectivity index (χ2v) is 6.32. The van der Waals surface area contributed by atoms with E-state index in [1.54, 1.807) is 24.3 Å². The fourth-order valence-electron chi connectivity index (χ4n) is 2.76. The molecule has 0 saturated carbocycles. The summed E-state index contributed by atoms with van der Waals surface area (Å²) in [6.07, 6.45) is -0.0582. The maximum atomic E-state index is 12.3. The van der Waals surface area contributed by atoms with E-state index in [0.29, 0.717) is 34.3 Å². The molecule has 2 amide bonds. The van der Waals surface area contributed by atoms with E-state index >= 15 is 0 Å². The molecule has 3 rings (SSSR count). The van der Waals surface area contributed by atoms with E-state index in [2.05, 4.69) is 16.0 Å². The van der Waals surface area contributed by atoms with E-state index < -0.39 is 6.03 Å². The number of hydrogen-bond acceptors (Lipinski definition) is 5. The number of benzene rings is 2. The van der Waals surface area contributed by atoms with Crippen molar-refractivity contribution < 1.29 is 14.3 Å². The first-order chi connectivity index (χ1) is 13.1. The number of methoxy groups -OCH3 is 1. The molecule has 0 spiro atoms. The molecule has 8 heteroatoms. The Kier molecular flexibility index (Phi) is 6.14. The number of nitrogens with zero attached hydrogens (tertiary/aromatic N) is 1. The predicted octanol–water partition coefficient (Wildman–Crippen LogP) is 3.53. The Balaban J connectivity index is 1.70. The number of carbonyl (C=O) groups excluding carboxylic acids is 1. The van der Waals surface area contributed by atoms with Gasteiger partial charge in [-0.3, -0.25) is 0 Å². The quantitative estimate of drug-likeness (QED) is 0.747. The number of nitriles is 1. The summed E-state index contributed by atoms with van der Waals surface area (Å²) in [5, 5.41) is 18.1. The third-order valence-corrected chi connectivity index (χ3v) is 4.43. The van der Waals surface area contributed by atoms with Crippen LogP contribution in [0.1, 0.15) is 17.2 Å². The maximum Gasteiger partial charge on any atom is 0.323 e. The van der Waals surface area contributed by atoms with Crippen LogP contribution in [0, 0.1) is 11.3 Å². The van der Waals surface area contributed by atoms with Crippen LogP contribution in [0.2, 0.25) is 5.02 Å². The molecule has 1 heterocycles. The second kappa shape index (κ2) is 8.73. The number of hydrogen-bond donors (Lipinski definition) is 3. The van der Waals surface area contributed by atoms with Crippen molar-refractivity contribution in [3.63, 3.8) is 0 Å². The van der Waals surface area contributed by atoms with Crippen LogP contribution in [0.5, 0.6) is 5.75 Å². The number of halogens is 1. The van der Waals surface area contributed by atoms with E-state index in [1.807, 2.05) is 12.1 Å². The van der Waals surface area contributed by atoms with E-state index in [0.717, 1.165) is 18.7 Å². The van der Waals surface area contributed by atoms with Gasteiger partial charge < -0.3 is 25.4 Å². The van der Waals surface area contributed by atoms with Crippen LogP contribution in [0.3, 0.4) is 0 Å². The lowest BCUT2D eigenvalue weighted by Gasteiger charge is -2.24. The summed E-state index contributed by atoms with van der Waals surface area (Å²) in [6.45, 7) is 2.20. The number of nitrogens with one attached hydrogen (secondary N) is 3. The molecular formula is C19H19ClN4O3. The highest BCUT2D eigenvalue weighted by molar-refractivity contribution is 6.33. The number of rotatable bonds is 4. The monoisotopic (exact) mass is 386 g/mol. The minimum Gasteiger partial charge on any atom is -0.495 e. The second-order valence-electron chi connectivity index (χ2n) is 5.91. The molecule has 1 atom stereocenters. The van der Waals surface area contributed by atoms with Gasteiger partial charge in [-0.25, -0.2) is 4.79 Å². The molecule has 0 aromatic heterocycles. The molecule has 7 nitrogen and oxygen atoms in total. The van der Waals surface area contributed by atoms with Gasteiger partial charge in [0, 0.05) is 13.1 Å². The van der Waals surface area contributed by atoms with Crippen LogP contribution < -0.4 is 20.7 Å². The summed E-state index contributed by atoms with van der Waals surface area (Å²) in [4.78, 5) is 12.3. The van der Waals surface area contributed by atoms with Crippen LogP contribution >= 0.6 is 11.6 Å². The maximum absolute atomic E-state index is 12.3. The van der Waals surface area contributed by atoms with Crippen molar-refractivity contribution in [1.82, 2.24) is 5.32 Å². The number of ether oxygens (including phenoxy) is 2. The van der Waals surface area contributed by atoms with Gasteiger partial charge in [-0.05, 0) is 35.9 Å². The first kappa shape index (κ1) is 19.0. The van der Waals surface area contributed by atoms with Gasteiger partial charge in [-0.1, -0.05) is 17.7 Å². The molecule has 1 aliphatic rings. The summed E-state index contributed by atoms with van der Waals surface area (Å²) < 4.78 is 10.9. The molecule has 140 valence electrons. The van der Waals surface area contributed by atoms with Gasteiger partial charge in [0.2, 0.25) is 0 Å². The summed E-state index contributed by atoms with van der Waals surface area (Å²) in [5.74, 6) is 0.451. The fraction of sp³-hybridized carbons (Fsp3) is 0.263. The van der Waals surface area contributed by atoms with Gasteiger partial charge in [0.25, 0.3) is 0 Å². The smallest absolute Gasteiger partial charge is 0.323 e. The van der Waals surface area contributed by atoms with Crippen molar-refractivity contribution in [3.8, 4) is 11.8 Å². The normalized spacial score (nSPS) is 16.3. The first-order valence-corrected chi connectivity index (χ1v) is 8.76. The van der Waals surface area contributed by atoms with Gasteiger partial charge in [-0.2, -0.15) is 5.26 Å². The van der Waals surface area contributed by atoms with Crippen molar-refractivity contribution >= 4 is 29.0 Å². The summed E-state index contributed by atoms with van der Waals surface area (Å²) in [5.41, 5.74) is 2.22. The van der Waals surface area contributed by atoms with Crippen LogP contribution in [0.4, 0.5) is 16.2 Å². The van der Waals surface area contributed by atoms with Gasteiger partial charge in [-0.15, -0.1) is 0 Å². The lowest BCUT2D eigenvalue weighted by atomic mass is 10.1. The molecule has 3 N–H and O–H groups in total. The lowest BCUT2D eigenvalue weighted by molar-refractivity contribution is 0.0277. The summed E-state index contributed by atoms with van der Waals surface area (Å²) in [6, 6.07) is 11.7. The van der Waals surface area contributed by atoms with Crippen molar-refractivity contribution in [3.05, 3.63) is 52.5 Å². The van der Waals surface area contributed by atoms with Gasteiger partial charge in [0.1, 0.15) is 5.75 Å². The van der Waals surface area contributed by atoms with E-state index in [4.69, 9.17) is 26.3 Å². The van der Waals surface area contributed by atoms with Crippen molar-refractivity contribution in [1.29, 1.82) is 5.26 Å². The van der Waals surface area contributed by atoms with E-state index in [1.165, 1.54) is 13.2 Å². The average Bonchev–Trinajstić information content (AvgIpc) is 2.70. The van der Waals surface area contributed by atoms with Crippen molar-refractivity contribution in [2.24, 2.45) is 0 Å². The van der Waals surface area contributed by atoms with E-state index in [9.17, 15) is 4.79 Å². The Hall–Kier alpha value is -2.79. The zero-order valence-electron chi connectivity index (χ0n) is 14.7. The van der Waals surface area contributed by atoms with Crippen molar-refractivity contribution in [2.75, 3.05) is 37.4 Å². The highest BCUT2D eigenvalue weighted by atomic mass is 35.5. The largest absolute Gasteiger partial charge is 0.495 e. The molecule has 0 radical (unpaired) electrons. The zero-order valence-corrected chi connectivity index (χ0v) is 15.5. The van der Waals surface area contributed by atoms with Crippen LogP contribution in [0.15, 0.2) is 36.4 Å². The summed E-state index contributed by atoms with van der Waals surface area (Å²) >= 11 is 6.32. The molecular weight excluding hydrogens is 368 g/mol. The molecule has 1 saturated heterocycles. The number of morpholine rings is 1.